The lowest BCUT2D eigenvalue weighted by Gasteiger charge is -2.35. The molecule has 4 heteroatoms. The molecule has 4 nitrogen and oxygen atoms in total. The summed E-state index contributed by atoms with van der Waals surface area (Å²) in [6, 6.07) is 6.80. The second-order valence-corrected chi connectivity index (χ2v) is 5.69. The Morgan fingerprint density at radius 2 is 2.05 bits per heavy atom. The number of aryl methyl sites for hydroxylation is 1. The van der Waals surface area contributed by atoms with E-state index in [4.69, 9.17) is 0 Å². The van der Waals surface area contributed by atoms with Gasteiger partial charge in [-0.25, -0.2) is 0 Å². The molecule has 1 saturated heterocycles. The van der Waals surface area contributed by atoms with Gasteiger partial charge in [-0.15, -0.1) is 0 Å². The number of pyridine rings is 1. The number of nitrogens with zero attached hydrogens (tertiary/aromatic N) is 4. The van der Waals surface area contributed by atoms with E-state index < -0.39 is 0 Å². The van der Waals surface area contributed by atoms with E-state index in [9.17, 15) is 0 Å². The fourth-order valence-corrected chi connectivity index (χ4v) is 3.07. The molecule has 3 rings (SSSR count). The fourth-order valence-electron chi connectivity index (χ4n) is 3.07. The summed E-state index contributed by atoms with van der Waals surface area (Å²) >= 11 is 0. The third kappa shape index (κ3) is 2.75. The van der Waals surface area contributed by atoms with Gasteiger partial charge in [0.2, 0.25) is 0 Å². The Kier molecular flexibility index (Phi) is 3.83. The molecule has 1 atom stereocenters. The minimum atomic E-state index is 0.452. The monoisotopic (exact) mass is 270 g/mol. The van der Waals surface area contributed by atoms with Gasteiger partial charge in [-0.3, -0.25) is 14.6 Å². The van der Waals surface area contributed by atoms with Crippen LogP contribution in [0, 0.1) is 0 Å². The number of rotatable bonds is 3. The minimum Gasteiger partial charge on any atom is -0.297 e. The predicted molar refractivity (Wildman–Crippen MR) is 79.4 cm³/mol. The van der Waals surface area contributed by atoms with Gasteiger partial charge in [0.05, 0.1) is 5.69 Å². The van der Waals surface area contributed by atoms with E-state index in [1.165, 1.54) is 24.1 Å². The minimum absolute atomic E-state index is 0.452. The first kappa shape index (κ1) is 13.3. The summed E-state index contributed by atoms with van der Waals surface area (Å²) in [5.41, 5.74) is 2.56. The molecule has 0 N–H and O–H groups in total. The molecule has 106 valence electrons. The largest absolute Gasteiger partial charge is 0.297 e. The van der Waals surface area contributed by atoms with Crippen molar-refractivity contribution in [3.05, 3.63) is 48.0 Å². The molecule has 2 aromatic heterocycles. The van der Waals surface area contributed by atoms with E-state index in [1.807, 2.05) is 36.4 Å². The molecule has 0 radical (unpaired) electrons. The molecular weight excluding hydrogens is 248 g/mol. The molecule has 1 fully saturated rings. The van der Waals surface area contributed by atoms with E-state index in [2.05, 4.69) is 34.0 Å². The van der Waals surface area contributed by atoms with E-state index >= 15 is 0 Å². The summed E-state index contributed by atoms with van der Waals surface area (Å²) in [5, 5.41) is 4.55. The van der Waals surface area contributed by atoms with Crippen molar-refractivity contribution in [1.82, 2.24) is 19.7 Å². The van der Waals surface area contributed by atoms with Gasteiger partial charge >= 0.3 is 0 Å². The van der Waals surface area contributed by atoms with Crippen molar-refractivity contribution in [2.75, 3.05) is 13.1 Å². The number of likely N-dealkylation sites (tertiary alicyclic amines) is 1. The molecule has 0 spiro atoms. The molecule has 0 saturated carbocycles. The second kappa shape index (κ2) is 5.75. The molecule has 0 bridgehead atoms. The molecule has 2 aromatic rings. The van der Waals surface area contributed by atoms with Gasteiger partial charge in [-0.1, -0.05) is 6.07 Å². The van der Waals surface area contributed by atoms with Crippen LogP contribution in [0.2, 0.25) is 0 Å². The van der Waals surface area contributed by atoms with Gasteiger partial charge in [-0.2, -0.15) is 5.10 Å². The van der Waals surface area contributed by atoms with Crippen LogP contribution in [0.25, 0.3) is 0 Å². The molecule has 1 aliphatic heterocycles. The van der Waals surface area contributed by atoms with Crippen LogP contribution < -0.4 is 0 Å². The molecular formula is C16H22N4. The van der Waals surface area contributed by atoms with Gasteiger partial charge in [0, 0.05) is 37.6 Å². The molecule has 0 aliphatic carbocycles. The third-order valence-corrected chi connectivity index (χ3v) is 4.40. The highest BCUT2D eigenvalue weighted by Crippen LogP contribution is 2.30. The average Bonchev–Trinajstić information content (AvgIpc) is 2.94. The maximum absolute atomic E-state index is 4.55. The lowest BCUT2D eigenvalue weighted by Crippen LogP contribution is -2.35. The van der Waals surface area contributed by atoms with Crippen LogP contribution in [0.3, 0.4) is 0 Å². The molecule has 0 aromatic carbocycles. The summed E-state index contributed by atoms with van der Waals surface area (Å²) in [6.45, 7) is 4.55. The van der Waals surface area contributed by atoms with Crippen LogP contribution in [0.5, 0.6) is 0 Å². The number of hydrogen-bond acceptors (Lipinski definition) is 3. The lowest BCUT2D eigenvalue weighted by molar-refractivity contribution is 0.161. The fraction of sp³-hybridized carbons (Fsp3) is 0.500. The van der Waals surface area contributed by atoms with Crippen molar-refractivity contribution in [2.24, 2.45) is 7.05 Å². The Labute approximate surface area is 120 Å². The highest BCUT2D eigenvalue weighted by Gasteiger charge is 2.25. The van der Waals surface area contributed by atoms with Crippen molar-refractivity contribution >= 4 is 0 Å². The Bertz CT molecular complexity index is 541. The van der Waals surface area contributed by atoms with Crippen LogP contribution in [0.15, 0.2) is 36.8 Å². The van der Waals surface area contributed by atoms with Crippen LogP contribution >= 0.6 is 0 Å². The van der Waals surface area contributed by atoms with E-state index in [-0.39, 0.29) is 0 Å². The average molecular weight is 270 g/mol. The van der Waals surface area contributed by atoms with E-state index in [0.29, 0.717) is 12.0 Å². The number of aromatic nitrogens is 3. The summed E-state index contributed by atoms with van der Waals surface area (Å²) in [4.78, 5) is 6.78. The van der Waals surface area contributed by atoms with Crippen LogP contribution in [-0.2, 0) is 7.05 Å². The maximum Gasteiger partial charge on any atom is 0.0656 e. The van der Waals surface area contributed by atoms with Crippen LogP contribution in [0.1, 0.15) is 43.0 Å². The zero-order valence-electron chi connectivity index (χ0n) is 12.2. The van der Waals surface area contributed by atoms with Gasteiger partial charge in [0.1, 0.15) is 0 Å². The normalized spacial score (nSPS) is 19.1. The topological polar surface area (TPSA) is 34.0 Å². The third-order valence-electron chi connectivity index (χ3n) is 4.40. The second-order valence-electron chi connectivity index (χ2n) is 5.69. The number of hydrogen-bond donors (Lipinski definition) is 0. The quantitative estimate of drug-likeness (QED) is 0.860. The molecule has 1 aliphatic rings. The zero-order chi connectivity index (χ0) is 13.9. The van der Waals surface area contributed by atoms with Gasteiger partial charge in [0.15, 0.2) is 0 Å². The first-order chi connectivity index (χ1) is 9.74. The molecule has 20 heavy (non-hydrogen) atoms. The van der Waals surface area contributed by atoms with Gasteiger partial charge < -0.3 is 0 Å². The predicted octanol–water partition coefficient (Wildman–Crippen LogP) is 2.76. The Hall–Kier alpha value is -1.68. The van der Waals surface area contributed by atoms with Gasteiger partial charge in [-0.05, 0) is 50.6 Å². The Morgan fingerprint density at radius 3 is 2.65 bits per heavy atom. The van der Waals surface area contributed by atoms with Crippen molar-refractivity contribution in [3.63, 3.8) is 0 Å². The highest BCUT2D eigenvalue weighted by molar-refractivity contribution is 5.14. The van der Waals surface area contributed by atoms with Crippen molar-refractivity contribution in [2.45, 2.75) is 31.7 Å². The molecule has 1 unspecified atom stereocenters. The van der Waals surface area contributed by atoms with Crippen molar-refractivity contribution in [3.8, 4) is 0 Å². The highest BCUT2D eigenvalue weighted by atomic mass is 15.3. The Balaban J connectivity index is 1.61. The van der Waals surface area contributed by atoms with Crippen LogP contribution in [-0.4, -0.2) is 32.8 Å². The Morgan fingerprint density at radius 1 is 1.25 bits per heavy atom. The zero-order valence-corrected chi connectivity index (χ0v) is 12.2. The summed E-state index contributed by atoms with van der Waals surface area (Å²) < 4.78 is 1.90. The first-order valence-corrected chi connectivity index (χ1v) is 7.37. The van der Waals surface area contributed by atoms with E-state index in [1.54, 1.807) is 0 Å². The summed E-state index contributed by atoms with van der Waals surface area (Å²) in [6.07, 6.45) is 8.25. The van der Waals surface area contributed by atoms with Crippen molar-refractivity contribution in [1.29, 1.82) is 0 Å². The smallest absolute Gasteiger partial charge is 0.0656 e. The summed E-state index contributed by atoms with van der Waals surface area (Å²) in [7, 11) is 1.99. The standard InChI is InChI=1S/C16H22N4/c1-13(15-4-3-8-17-12-15)20-10-5-14(6-11-20)16-7-9-19(2)18-16/h3-4,7-9,12-14H,5-6,10-11H2,1-2H3. The lowest BCUT2D eigenvalue weighted by atomic mass is 9.92. The van der Waals surface area contributed by atoms with Crippen molar-refractivity contribution < 1.29 is 0 Å². The summed E-state index contributed by atoms with van der Waals surface area (Å²) in [5.74, 6) is 0.619. The van der Waals surface area contributed by atoms with E-state index in [0.717, 1.165) is 13.1 Å². The SMILES string of the molecule is CC(c1cccnc1)N1CCC(c2ccn(C)n2)CC1. The molecule has 3 heterocycles. The van der Waals surface area contributed by atoms with Crippen LogP contribution in [0.4, 0.5) is 0 Å². The maximum atomic E-state index is 4.55. The van der Waals surface area contributed by atoms with Gasteiger partial charge in [0.25, 0.3) is 0 Å². The molecule has 0 amide bonds. The first-order valence-electron chi connectivity index (χ1n) is 7.37. The number of piperidine rings is 1.